The summed E-state index contributed by atoms with van der Waals surface area (Å²) in [6, 6.07) is 7.09. The number of anilines is 2. The number of aromatic nitrogens is 2. The van der Waals surface area contributed by atoms with Crippen LogP contribution in [0.1, 0.15) is 49.1 Å². The van der Waals surface area contributed by atoms with Crippen LogP contribution in [-0.4, -0.2) is 70.7 Å². The van der Waals surface area contributed by atoms with Crippen LogP contribution in [-0.2, 0) is 9.59 Å². The highest BCUT2D eigenvalue weighted by Gasteiger charge is 2.35. The van der Waals surface area contributed by atoms with Crippen molar-refractivity contribution in [1.82, 2.24) is 19.8 Å². The van der Waals surface area contributed by atoms with Crippen LogP contribution in [0.3, 0.4) is 0 Å². The number of nitrogens with one attached hydrogen (secondary N) is 2. The molecule has 0 unspecified atom stereocenters. The molecule has 1 saturated carbocycles. The third-order valence-corrected chi connectivity index (χ3v) is 8.05. The van der Waals surface area contributed by atoms with Gasteiger partial charge in [0.2, 0.25) is 17.6 Å². The van der Waals surface area contributed by atoms with Crippen LogP contribution in [0.4, 0.5) is 11.5 Å². The summed E-state index contributed by atoms with van der Waals surface area (Å²) in [4.78, 5) is 52.2. The van der Waals surface area contributed by atoms with Gasteiger partial charge in [-0.1, -0.05) is 11.6 Å². The molecule has 3 aromatic heterocycles. The second-order valence-electron chi connectivity index (χ2n) is 10.5. The quantitative estimate of drug-likeness (QED) is 0.464. The predicted molar refractivity (Wildman–Crippen MR) is 149 cm³/mol. The van der Waals surface area contributed by atoms with Gasteiger partial charge in [0, 0.05) is 43.4 Å². The third kappa shape index (κ3) is 6.07. The molecule has 2 N–H and O–H groups in total. The molecule has 0 radical (unpaired) electrons. The van der Waals surface area contributed by atoms with Crippen molar-refractivity contribution in [2.24, 2.45) is 11.8 Å². The fraction of sp³-hybridized carbons (Fsp3) is 0.464. The average Bonchev–Trinajstić information content (AvgIpc) is 3.32. The first kappa shape index (κ1) is 27.1. The van der Waals surface area contributed by atoms with Gasteiger partial charge in [-0.05, 0) is 76.9 Å². The van der Waals surface area contributed by atoms with Crippen LogP contribution in [0.15, 0.2) is 41.1 Å². The van der Waals surface area contributed by atoms with Crippen molar-refractivity contribution in [3.63, 3.8) is 0 Å². The molecule has 3 amide bonds. The molecule has 1 aliphatic heterocycles. The van der Waals surface area contributed by atoms with Crippen molar-refractivity contribution in [3.8, 4) is 0 Å². The smallest absolute Gasteiger partial charge is 0.294 e. The first-order chi connectivity index (χ1) is 18.8. The summed E-state index contributed by atoms with van der Waals surface area (Å²) in [6.07, 6.45) is 7.54. The zero-order valence-corrected chi connectivity index (χ0v) is 22.9. The summed E-state index contributed by atoms with van der Waals surface area (Å²) in [6.45, 7) is 1.58. The number of furan rings is 1. The van der Waals surface area contributed by atoms with Gasteiger partial charge in [-0.15, -0.1) is 0 Å². The zero-order valence-electron chi connectivity index (χ0n) is 22.2. The molecule has 0 spiro atoms. The third-order valence-electron chi connectivity index (χ3n) is 7.82. The standard InChI is InChI=1S/C28H33ClN6O4/c1-34(2)20-11-14-35(15-12-20)28(38)18-7-5-17(6-8-18)26(36)33-24-23-21(4-3-13-30-23)39-25(24)27(37)32-22-10-9-19(29)16-31-22/h3-4,9-10,13,16-18,20H,5-8,11-12,14-15H2,1-2H3,(H,33,36)(H,31,32,37). The van der Waals surface area contributed by atoms with Gasteiger partial charge in [0.1, 0.15) is 17.0 Å². The number of likely N-dealkylation sites (tertiary alicyclic amines) is 1. The minimum absolute atomic E-state index is 0.0467. The van der Waals surface area contributed by atoms with Crippen molar-refractivity contribution < 1.29 is 18.8 Å². The highest BCUT2D eigenvalue weighted by molar-refractivity contribution is 6.30. The molecule has 0 bridgehead atoms. The molecule has 1 saturated heterocycles. The number of piperidine rings is 1. The zero-order chi connectivity index (χ0) is 27.5. The predicted octanol–water partition coefficient (Wildman–Crippen LogP) is 4.43. The highest BCUT2D eigenvalue weighted by atomic mass is 35.5. The van der Waals surface area contributed by atoms with Crippen LogP contribution >= 0.6 is 11.6 Å². The molecule has 1 aliphatic carbocycles. The Labute approximate surface area is 232 Å². The minimum atomic E-state index is -0.564. The van der Waals surface area contributed by atoms with Gasteiger partial charge in [-0.25, -0.2) is 4.98 Å². The van der Waals surface area contributed by atoms with Crippen LogP contribution in [0.25, 0.3) is 11.1 Å². The number of amides is 3. The fourth-order valence-corrected chi connectivity index (χ4v) is 5.63. The van der Waals surface area contributed by atoms with E-state index >= 15 is 0 Å². The van der Waals surface area contributed by atoms with Crippen molar-refractivity contribution in [2.75, 3.05) is 37.8 Å². The second-order valence-corrected chi connectivity index (χ2v) is 11.0. The first-order valence-corrected chi connectivity index (χ1v) is 13.7. The van der Waals surface area contributed by atoms with E-state index < -0.39 is 5.91 Å². The van der Waals surface area contributed by atoms with E-state index in [9.17, 15) is 14.4 Å². The van der Waals surface area contributed by atoms with Crippen molar-refractivity contribution in [3.05, 3.63) is 47.4 Å². The molecular weight excluding hydrogens is 520 g/mol. The highest BCUT2D eigenvalue weighted by Crippen LogP contribution is 2.34. The summed E-state index contributed by atoms with van der Waals surface area (Å²) in [5.41, 5.74) is 1.00. The second kappa shape index (κ2) is 11.7. The SMILES string of the molecule is CN(C)C1CCN(C(=O)C2CCC(C(=O)Nc3c(C(=O)Nc4ccc(Cl)cn4)oc4cccnc34)CC2)CC1. The number of hydrogen-bond donors (Lipinski definition) is 2. The van der Waals surface area contributed by atoms with Crippen LogP contribution in [0.2, 0.25) is 5.02 Å². The van der Waals surface area contributed by atoms with Gasteiger partial charge in [-0.3, -0.25) is 19.4 Å². The molecule has 10 nitrogen and oxygen atoms in total. The number of fused-ring (bicyclic) bond motifs is 1. The number of rotatable bonds is 6. The molecular formula is C28H33ClN6O4. The van der Waals surface area contributed by atoms with E-state index in [2.05, 4.69) is 39.6 Å². The Kier molecular flexibility index (Phi) is 8.13. The molecule has 0 aromatic carbocycles. The maximum Gasteiger partial charge on any atom is 0.294 e. The van der Waals surface area contributed by atoms with Crippen LogP contribution in [0, 0.1) is 11.8 Å². The number of nitrogens with zero attached hydrogens (tertiary/aromatic N) is 4. The summed E-state index contributed by atoms with van der Waals surface area (Å²) in [5.74, 6) is -0.635. The van der Waals surface area contributed by atoms with E-state index in [1.807, 2.05) is 4.90 Å². The summed E-state index contributed by atoms with van der Waals surface area (Å²) in [7, 11) is 4.17. The normalized spacial score (nSPS) is 20.3. The van der Waals surface area contributed by atoms with E-state index in [4.69, 9.17) is 16.0 Å². The lowest BCUT2D eigenvalue weighted by Gasteiger charge is -2.38. The molecule has 11 heteroatoms. The van der Waals surface area contributed by atoms with Crippen molar-refractivity contribution in [1.29, 1.82) is 0 Å². The molecule has 39 heavy (non-hydrogen) atoms. The van der Waals surface area contributed by atoms with E-state index in [0.29, 0.717) is 53.7 Å². The van der Waals surface area contributed by atoms with E-state index in [-0.39, 0.29) is 35.1 Å². The van der Waals surface area contributed by atoms with Crippen molar-refractivity contribution in [2.45, 2.75) is 44.6 Å². The number of pyridine rings is 2. The Morgan fingerprint density at radius 3 is 2.36 bits per heavy atom. The number of hydrogen-bond acceptors (Lipinski definition) is 7. The summed E-state index contributed by atoms with van der Waals surface area (Å²) in [5, 5.41) is 6.02. The van der Waals surface area contributed by atoms with E-state index in [1.165, 1.54) is 6.20 Å². The molecule has 5 rings (SSSR count). The Morgan fingerprint density at radius 1 is 0.974 bits per heavy atom. The molecule has 0 atom stereocenters. The van der Waals surface area contributed by atoms with Gasteiger partial charge in [0.15, 0.2) is 5.58 Å². The molecule has 3 aromatic rings. The first-order valence-electron chi connectivity index (χ1n) is 13.4. The molecule has 2 aliphatic rings. The monoisotopic (exact) mass is 552 g/mol. The largest absolute Gasteiger partial charge is 0.447 e. The lowest BCUT2D eigenvalue weighted by molar-refractivity contribution is -0.139. The fourth-order valence-electron chi connectivity index (χ4n) is 5.52. The summed E-state index contributed by atoms with van der Waals surface area (Å²) >= 11 is 5.88. The Hall–Kier alpha value is -3.50. The van der Waals surface area contributed by atoms with Crippen LogP contribution in [0.5, 0.6) is 0 Å². The Balaban J connectivity index is 1.23. The average molecular weight is 553 g/mol. The van der Waals surface area contributed by atoms with Gasteiger partial charge >= 0.3 is 0 Å². The lowest BCUT2D eigenvalue weighted by Crippen LogP contribution is -2.47. The van der Waals surface area contributed by atoms with Gasteiger partial charge in [0.05, 0.1) is 5.02 Å². The number of carbonyl (C=O) groups excluding carboxylic acids is 3. The van der Waals surface area contributed by atoms with Gasteiger partial charge in [-0.2, -0.15) is 0 Å². The van der Waals surface area contributed by atoms with Gasteiger partial charge in [0.25, 0.3) is 5.91 Å². The Morgan fingerprint density at radius 2 is 1.69 bits per heavy atom. The van der Waals surface area contributed by atoms with E-state index in [0.717, 1.165) is 25.9 Å². The van der Waals surface area contributed by atoms with Crippen molar-refractivity contribution >= 4 is 51.9 Å². The lowest BCUT2D eigenvalue weighted by atomic mass is 9.80. The summed E-state index contributed by atoms with van der Waals surface area (Å²) < 4.78 is 5.79. The Bertz CT molecular complexity index is 1340. The molecule has 2 fully saturated rings. The molecule has 4 heterocycles. The number of halogens is 1. The van der Waals surface area contributed by atoms with Crippen LogP contribution < -0.4 is 10.6 Å². The van der Waals surface area contributed by atoms with Gasteiger partial charge < -0.3 is 24.9 Å². The number of carbonyl (C=O) groups is 3. The minimum Gasteiger partial charge on any atom is -0.447 e. The maximum atomic E-state index is 13.3. The molecule has 206 valence electrons. The van der Waals surface area contributed by atoms with E-state index in [1.54, 1.807) is 30.5 Å². The topological polar surface area (TPSA) is 121 Å². The maximum absolute atomic E-state index is 13.3.